The molecule has 35 heavy (non-hydrogen) atoms. The van der Waals surface area contributed by atoms with E-state index < -0.39 is 6.10 Å². The van der Waals surface area contributed by atoms with Crippen LogP contribution in [0, 0.1) is 0 Å². The van der Waals surface area contributed by atoms with Crippen molar-refractivity contribution < 1.29 is 14.6 Å². The lowest BCUT2D eigenvalue weighted by Crippen LogP contribution is -2.50. The van der Waals surface area contributed by atoms with E-state index in [0.717, 1.165) is 37.2 Å². The highest BCUT2D eigenvalue weighted by atomic mass is 35.5. The van der Waals surface area contributed by atoms with Gasteiger partial charge in [0.1, 0.15) is 6.10 Å². The second-order valence-electron chi connectivity index (χ2n) is 8.69. The van der Waals surface area contributed by atoms with Gasteiger partial charge in [-0.2, -0.15) is 0 Å². The van der Waals surface area contributed by atoms with Crippen LogP contribution in [-0.2, 0) is 9.53 Å². The summed E-state index contributed by atoms with van der Waals surface area (Å²) in [5.74, 6) is -0.229. The van der Waals surface area contributed by atoms with E-state index in [0.29, 0.717) is 35.3 Å². The number of carbonyl (C=O) groups is 1. The van der Waals surface area contributed by atoms with Crippen molar-refractivity contribution in [2.24, 2.45) is 0 Å². The van der Waals surface area contributed by atoms with Gasteiger partial charge in [0.15, 0.2) is 6.10 Å². The Morgan fingerprint density at radius 3 is 1.89 bits per heavy atom. The fourth-order valence-electron chi connectivity index (χ4n) is 4.29. The second-order valence-corrected chi connectivity index (χ2v) is 9.56. The van der Waals surface area contributed by atoms with Crippen LogP contribution in [0.5, 0.6) is 0 Å². The number of halogens is 2. The molecule has 0 bridgehead atoms. The summed E-state index contributed by atoms with van der Waals surface area (Å²) in [4.78, 5) is 16.8. The lowest BCUT2D eigenvalue weighted by molar-refractivity contribution is -0.142. The summed E-state index contributed by atoms with van der Waals surface area (Å²) in [6.45, 7) is 4.28. The maximum Gasteiger partial charge on any atom is 0.256 e. The van der Waals surface area contributed by atoms with Gasteiger partial charge in [0.05, 0.1) is 0 Å². The first-order valence-electron chi connectivity index (χ1n) is 11.9. The van der Waals surface area contributed by atoms with Crippen molar-refractivity contribution in [1.82, 2.24) is 9.80 Å². The average molecular weight is 513 g/mol. The fourth-order valence-corrected chi connectivity index (χ4v) is 4.54. The Morgan fingerprint density at radius 2 is 1.34 bits per heavy atom. The lowest BCUT2D eigenvalue weighted by Gasteiger charge is -2.35. The summed E-state index contributed by atoms with van der Waals surface area (Å²) in [5.41, 5.74) is 2.72. The highest BCUT2D eigenvalue weighted by Gasteiger charge is 2.27. The molecule has 0 saturated carbocycles. The number of aliphatic hydroxyl groups excluding tert-OH is 1. The van der Waals surface area contributed by atoms with Gasteiger partial charge >= 0.3 is 0 Å². The molecule has 1 amide bonds. The molecule has 3 aromatic rings. The monoisotopic (exact) mass is 512 g/mol. The number of piperazine rings is 1. The Kier molecular flexibility index (Phi) is 9.18. The first-order chi connectivity index (χ1) is 17.0. The zero-order chi connectivity index (χ0) is 24.6. The van der Waals surface area contributed by atoms with Crippen molar-refractivity contribution in [3.63, 3.8) is 0 Å². The number of amides is 1. The molecule has 0 radical (unpaired) electrons. The molecule has 0 aromatic heterocycles. The molecule has 0 unspecified atom stereocenters. The van der Waals surface area contributed by atoms with Crippen molar-refractivity contribution in [2.75, 3.05) is 39.3 Å². The molecular formula is C28H30Cl2N2O3. The Labute approximate surface area is 216 Å². The van der Waals surface area contributed by atoms with Gasteiger partial charge in [-0.3, -0.25) is 9.69 Å². The molecule has 0 spiro atoms. The maximum absolute atomic E-state index is 12.7. The molecule has 1 N–H and O–H groups in total. The topological polar surface area (TPSA) is 53.0 Å². The molecule has 1 saturated heterocycles. The van der Waals surface area contributed by atoms with E-state index in [1.165, 1.54) is 0 Å². The van der Waals surface area contributed by atoms with Crippen molar-refractivity contribution in [2.45, 2.75) is 18.6 Å². The lowest BCUT2D eigenvalue weighted by atomic mass is 10.0. The minimum atomic E-state index is -1.10. The van der Waals surface area contributed by atoms with E-state index in [1.54, 1.807) is 17.0 Å². The Balaban J connectivity index is 1.25. The fraction of sp³-hybridized carbons (Fsp3) is 0.321. The van der Waals surface area contributed by atoms with Crippen LogP contribution >= 0.6 is 23.2 Å². The number of rotatable bonds is 9. The number of ether oxygens (including phenoxy) is 1. The SMILES string of the molecule is O=C([C@@H](O)c1ccccc1)N1CCN(CCCOC(c2ccc(Cl)cc2)c2ccc(Cl)cc2)CC1. The van der Waals surface area contributed by atoms with Crippen LogP contribution in [0.2, 0.25) is 10.0 Å². The Morgan fingerprint density at radius 1 is 0.800 bits per heavy atom. The van der Waals surface area contributed by atoms with Crippen LogP contribution in [0.15, 0.2) is 78.9 Å². The number of carbonyl (C=O) groups excluding carboxylic acids is 1. The standard InChI is InChI=1S/C28H30Cl2N2O3/c29-24-11-7-22(8-12-24)27(23-9-13-25(30)14-10-23)35-20-4-15-31-16-18-32(19-17-31)28(34)26(33)21-5-2-1-3-6-21/h1-3,5-14,26-27,33H,4,15-20H2/t26-/m0/s1. The van der Waals surface area contributed by atoms with Crippen molar-refractivity contribution >= 4 is 29.1 Å². The first kappa shape index (κ1) is 25.7. The van der Waals surface area contributed by atoms with Crippen molar-refractivity contribution in [1.29, 1.82) is 0 Å². The van der Waals surface area contributed by atoms with Gasteiger partial charge < -0.3 is 14.7 Å². The third-order valence-corrected chi connectivity index (χ3v) is 6.79. The second kappa shape index (κ2) is 12.5. The predicted octanol–water partition coefficient (Wildman–Crippen LogP) is 5.37. The molecule has 1 aliphatic heterocycles. The summed E-state index contributed by atoms with van der Waals surface area (Å²) in [5, 5.41) is 11.8. The van der Waals surface area contributed by atoms with Crippen LogP contribution in [0.3, 0.4) is 0 Å². The van der Waals surface area contributed by atoms with Gasteiger partial charge in [-0.05, 0) is 47.4 Å². The molecule has 1 aliphatic rings. The molecule has 3 aromatic carbocycles. The molecule has 7 heteroatoms. The van der Waals surface area contributed by atoms with Gasteiger partial charge in [0.25, 0.3) is 5.91 Å². The van der Waals surface area contributed by atoms with E-state index in [-0.39, 0.29) is 12.0 Å². The van der Waals surface area contributed by atoms with Crippen molar-refractivity contribution in [3.8, 4) is 0 Å². The number of nitrogens with zero attached hydrogens (tertiary/aromatic N) is 2. The van der Waals surface area contributed by atoms with Crippen LogP contribution in [0.4, 0.5) is 0 Å². The number of hydrogen-bond acceptors (Lipinski definition) is 4. The summed E-state index contributed by atoms with van der Waals surface area (Å²) < 4.78 is 6.31. The minimum Gasteiger partial charge on any atom is -0.378 e. The summed E-state index contributed by atoms with van der Waals surface area (Å²) in [7, 11) is 0. The smallest absolute Gasteiger partial charge is 0.256 e. The first-order valence-corrected chi connectivity index (χ1v) is 12.6. The quantitative estimate of drug-likeness (QED) is 0.391. The average Bonchev–Trinajstić information content (AvgIpc) is 2.90. The van der Waals surface area contributed by atoms with E-state index in [9.17, 15) is 9.90 Å². The largest absolute Gasteiger partial charge is 0.378 e. The van der Waals surface area contributed by atoms with Crippen molar-refractivity contribution in [3.05, 3.63) is 106 Å². The van der Waals surface area contributed by atoms with Gasteiger partial charge in [-0.25, -0.2) is 0 Å². The Hall–Kier alpha value is -2.41. The molecule has 1 heterocycles. The molecule has 1 atom stereocenters. The van der Waals surface area contributed by atoms with E-state index >= 15 is 0 Å². The van der Waals surface area contributed by atoms with Gasteiger partial charge in [0.2, 0.25) is 0 Å². The van der Waals surface area contributed by atoms with Gasteiger partial charge in [0, 0.05) is 49.4 Å². The number of aliphatic hydroxyl groups is 1. The molecule has 5 nitrogen and oxygen atoms in total. The molecule has 0 aliphatic carbocycles. The summed E-state index contributed by atoms with van der Waals surface area (Å²) >= 11 is 12.1. The van der Waals surface area contributed by atoms with Crippen LogP contribution in [0.1, 0.15) is 35.3 Å². The maximum atomic E-state index is 12.7. The van der Waals surface area contributed by atoms with E-state index in [4.69, 9.17) is 27.9 Å². The third kappa shape index (κ3) is 7.06. The predicted molar refractivity (Wildman–Crippen MR) is 140 cm³/mol. The number of benzene rings is 3. The summed E-state index contributed by atoms with van der Waals surface area (Å²) in [6, 6.07) is 24.5. The van der Waals surface area contributed by atoms with Crippen LogP contribution < -0.4 is 0 Å². The highest BCUT2D eigenvalue weighted by Crippen LogP contribution is 2.28. The minimum absolute atomic E-state index is 0.196. The zero-order valence-electron chi connectivity index (χ0n) is 19.5. The van der Waals surface area contributed by atoms with Gasteiger partial charge in [-0.1, -0.05) is 77.8 Å². The van der Waals surface area contributed by atoms with E-state index in [1.807, 2.05) is 66.7 Å². The van der Waals surface area contributed by atoms with Crippen LogP contribution in [0.25, 0.3) is 0 Å². The molecular weight excluding hydrogens is 483 g/mol. The Bertz CT molecular complexity index is 1020. The van der Waals surface area contributed by atoms with Crippen LogP contribution in [-0.4, -0.2) is 60.1 Å². The molecule has 4 rings (SSSR count). The highest BCUT2D eigenvalue weighted by molar-refractivity contribution is 6.30. The molecule has 1 fully saturated rings. The van der Waals surface area contributed by atoms with E-state index in [2.05, 4.69) is 4.90 Å². The zero-order valence-corrected chi connectivity index (χ0v) is 21.0. The normalized spacial score (nSPS) is 15.4. The van der Waals surface area contributed by atoms with Gasteiger partial charge in [-0.15, -0.1) is 0 Å². The summed E-state index contributed by atoms with van der Waals surface area (Å²) in [6.07, 6.45) is -0.426. The third-order valence-electron chi connectivity index (χ3n) is 6.28. The number of hydrogen-bond donors (Lipinski definition) is 1. The molecule has 184 valence electrons.